The van der Waals surface area contributed by atoms with Crippen LogP contribution in [0.5, 0.6) is 0 Å². The molecule has 0 aliphatic rings. The van der Waals surface area contributed by atoms with Crippen molar-refractivity contribution in [1.82, 2.24) is 24.5 Å². The molecule has 2 heterocycles. The number of nitrogens with one attached hydrogen (secondary N) is 1. The van der Waals surface area contributed by atoms with E-state index in [1.54, 1.807) is 4.57 Å². The molecule has 8 heteroatoms. The fraction of sp³-hybridized carbons (Fsp3) is 0.304. The molecule has 0 aliphatic heterocycles. The standard InChI is InChI=1S/C23H25N5O2S/c1-3-16(2)24-20(29)15-31-23-26-25-22-27(14-13-17-9-5-4-6-10-17)21(30)18-11-7-8-12-19(18)28(22)23/h4-12,16H,3,13-15H2,1-2H3,(H,24,29). The van der Waals surface area contributed by atoms with E-state index in [1.165, 1.54) is 11.8 Å². The molecule has 0 spiro atoms. The molecule has 1 unspecified atom stereocenters. The average Bonchev–Trinajstić information content (AvgIpc) is 3.22. The molecular weight excluding hydrogens is 410 g/mol. The number of aromatic nitrogens is 4. The predicted octanol–water partition coefficient (Wildman–Crippen LogP) is 3.29. The minimum Gasteiger partial charge on any atom is -0.353 e. The minimum atomic E-state index is -0.0857. The molecular formula is C23H25N5O2S. The highest BCUT2D eigenvalue weighted by Gasteiger charge is 2.18. The van der Waals surface area contributed by atoms with Crippen LogP contribution in [0.25, 0.3) is 16.7 Å². The van der Waals surface area contributed by atoms with Gasteiger partial charge in [0, 0.05) is 12.6 Å². The SMILES string of the molecule is CCC(C)NC(=O)CSc1nnc2n(CCc3ccccc3)c(=O)c3ccccc3n12. The Kier molecular flexibility index (Phi) is 6.36. The number of para-hydroxylation sites is 1. The number of hydrogen-bond acceptors (Lipinski definition) is 5. The van der Waals surface area contributed by atoms with Crippen molar-refractivity contribution in [2.24, 2.45) is 0 Å². The van der Waals surface area contributed by atoms with Gasteiger partial charge < -0.3 is 5.32 Å². The fourth-order valence-corrected chi connectivity index (χ4v) is 4.21. The molecule has 31 heavy (non-hydrogen) atoms. The number of fused-ring (bicyclic) bond motifs is 3. The molecule has 0 fully saturated rings. The molecule has 0 saturated heterocycles. The summed E-state index contributed by atoms with van der Waals surface area (Å²) in [4.78, 5) is 25.4. The first-order valence-corrected chi connectivity index (χ1v) is 11.4. The van der Waals surface area contributed by atoms with Crippen molar-refractivity contribution >= 4 is 34.3 Å². The minimum absolute atomic E-state index is 0.0437. The lowest BCUT2D eigenvalue weighted by Crippen LogP contribution is -2.33. The van der Waals surface area contributed by atoms with Gasteiger partial charge in [-0.2, -0.15) is 0 Å². The van der Waals surface area contributed by atoms with Crippen LogP contribution in [0.4, 0.5) is 0 Å². The summed E-state index contributed by atoms with van der Waals surface area (Å²) >= 11 is 1.32. The number of thioether (sulfide) groups is 1. The number of carbonyl (C=O) groups is 1. The van der Waals surface area contributed by atoms with Crippen molar-refractivity contribution in [3.05, 3.63) is 70.5 Å². The second-order valence-corrected chi connectivity index (χ2v) is 8.44. The van der Waals surface area contributed by atoms with Gasteiger partial charge >= 0.3 is 0 Å². The van der Waals surface area contributed by atoms with Crippen LogP contribution in [0, 0.1) is 0 Å². The van der Waals surface area contributed by atoms with Gasteiger partial charge in [-0.05, 0) is 37.5 Å². The lowest BCUT2D eigenvalue weighted by Gasteiger charge is -2.12. The summed E-state index contributed by atoms with van der Waals surface area (Å²) in [7, 11) is 0. The Morgan fingerprint density at radius 1 is 1.10 bits per heavy atom. The number of aryl methyl sites for hydroxylation is 2. The van der Waals surface area contributed by atoms with Gasteiger partial charge in [-0.1, -0.05) is 61.2 Å². The van der Waals surface area contributed by atoms with Crippen molar-refractivity contribution in [3.8, 4) is 0 Å². The van der Waals surface area contributed by atoms with E-state index in [1.807, 2.05) is 72.8 Å². The number of hydrogen-bond donors (Lipinski definition) is 1. The van der Waals surface area contributed by atoms with Gasteiger partial charge in [0.05, 0.1) is 16.7 Å². The van der Waals surface area contributed by atoms with E-state index in [0.29, 0.717) is 29.3 Å². The van der Waals surface area contributed by atoms with E-state index in [0.717, 1.165) is 17.5 Å². The topological polar surface area (TPSA) is 81.3 Å². The zero-order chi connectivity index (χ0) is 21.8. The van der Waals surface area contributed by atoms with Gasteiger partial charge in [0.15, 0.2) is 5.16 Å². The molecule has 1 atom stereocenters. The summed E-state index contributed by atoms with van der Waals surface area (Å²) in [5, 5.41) is 12.8. The second-order valence-electron chi connectivity index (χ2n) is 7.49. The lowest BCUT2D eigenvalue weighted by atomic mass is 10.1. The molecule has 7 nitrogen and oxygen atoms in total. The van der Waals surface area contributed by atoms with Crippen LogP contribution in [-0.4, -0.2) is 36.9 Å². The van der Waals surface area contributed by atoms with E-state index in [4.69, 9.17) is 0 Å². The lowest BCUT2D eigenvalue weighted by molar-refractivity contribution is -0.119. The van der Waals surface area contributed by atoms with Crippen molar-refractivity contribution in [1.29, 1.82) is 0 Å². The number of nitrogens with zero attached hydrogens (tertiary/aromatic N) is 4. The quantitative estimate of drug-likeness (QED) is 0.430. The Morgan fingerprint density at radius 3 is 2.61 bits per heavy atom. The van der Waals surface area contributed by atoms with Crippen molar-refractivity contribution in [3.63, 3.8) is 0 Å². The van der Waals surface area contributed by atoms with Gasteiger partial charge in [-0.25, -0.2) is 0 Å². The zero-order valence-electron chi connectivity index (χ0n) is 17.6. The van der Waals surface area contributed by atoms with Crippen LogP contribution in [0.1, 0.15) is 25.8 Å². The van der Waals surface area contributed by atoms with E-state index in [9.17, 15) is 9.59 Å². The summed E-state index contributed by atoms with van der Waals surface area (Å²) in [6.07, 6.45) is 1.59. The van der Waals surface area contributed by atoms with E-state index in [-0.39, 0.29) is 23.3 Å². The first-order valence-electron chi connectivity index (χ1n) is 10.4. The molecule has 0 bridgehead atoms. The highest BCUT2D eigenvalue weighted by atomic mass is 32.2. The maximum atomic E-state index is 13.2. The van der Waals surface area contributed by atoms with Crippen LogP contribution >= 0.6 is 11.8 Å². The summed E-state index contributed by atoms with van der Waals surface area (Å²) in [5.41, 5.74) is 1.81. The van der Waals surface area contributed by atoms with Gasteiger partial charge in [-0.3, -0.25) is 18.6 Å². The first kappa shape index (κ1) is 21.1. The molecule has 1 amide bonds. The summed E-state index contributed by atoms with van der Waals surface area (Å²) < 4.78 is 3.55. The monoisotopic (exact) mass is 435 g/mol. The van der Waals surface area contributed by atoms with E-state index in [2.05, 4.69) is 15.5 Å². The first-order chi connectivity index (χ1) is 15.1. The average molecular weight is 436 g/mol. The van der Waals surface area contributed by atoms with Gasteiger partial charge in [0.2, 0.25) is 11.7 Å². The van der Waals surface area contributed by atoms with Gasteiger partial charge in [0.1, 0.15) is 0 Å². The summed E-state index contributed by atoms with van der Waals surface area (Å²) in [6, 6.07) is 17.6. The van der Waals surface area contributed by atoms with Crippen molar-refractivity contribution in [2.45, 2.75) is 44.4 Å². The Bertz CT molecular complexity index is 1270. The van der Waals surface area contributed by atoms with Crippen molar-refractivity contribution < 1.29 is 4.79 Å². The van der Waals surface area contributed by atoms with Crippen LogP contribution < -0.4 is 10.9 Å². The second kappa shape index (κ2) is 9.34. The largest absolute Gasteiger partial charge is 0.353 e. The van der Waals surface area contributed by atoms with Gasteiger partial charge in [-0.15, -0.1) is 10.2 Å². The number of amides is 1. The molecule has 160 valence electrons. The highest BCUT2D eigenvalue weighted by molar-refractivity contribution is 7.99. The summed E-state index contributed by atoms with van der Waals surface area (Å²) in [5.74, 6) is 0.685. The van der Waals surface area contributed by atoms with E-state index >= 15 is 0 Å². The predicted molar refractivity (Wildman–Crippen MR) is 124 cm³/mol. The molecule has 2 aromatic heterocycles. The molecule has 1 N–H and O–H groups in total. The fourth-order valence-electron chi connectivity index (χ4n) is 3.46. The zero-order valence-corrected chi connectivity index (χ0v) is 18.4. The molecule has 2 aromatic carbocycles. The normalized spacial score (nSPS) is 12.3. The number of rotatable bonds is 8. The molecule has 4 rings (SSSR count). The summed E-state index contributed by atoms with van der Waals surface area (Å²) in [6.45, 7) is 4.51. The van der Waals surface area contributed by atoms with Crippen LogP contribution in [0.3, 0.4) is 0 Å². The molecule has 0 radical (unpaired) electrons. The maximum Gasteiger partial charge on any atom is 0.262 e. The third-order valence-corrected chi connectivity index (χ3v) is 6.23. The highest BCUT2D eigenvalue weighted by Crippen LogP contribution is 2.21. The Morgan fingerprint density at radius 2 is 1.84 bits per heavy atom. The molecule has 0 aliphatic carbocycles. The number of benzene rings is 2. The number of carbonyl (C=O) groups excluding carboxylic acids is 1. The third kappa shape index (κ3) is 4.49. The Labute approximate surface area is 184 Å². The van der Waals surface area contributed by atoms with Gasteiger partial charge in [0.25, 0.3) is 5.56 Å². The molecule has 4 aromatic rings. The smallest absolute Gasteiger partial charge is 0.262 e. The molecule has 0 saturated carbocycles. The van der Waals surface area contributed by atoms with Crippen molar-refractivity contribution in [2.75, 3.05) is 5.75 Å². The van der Waals surface area contributed by atoms with Crippen LogP contribution in [0.15, 0.2) is 64.5 Å². The van der Waals surface area contributed by atoms with E-state index < -0.39 is 0 Å². The Hall–Kier alpha value is -3.13. The third-order valence-electron chi connectivity index (χ3n) is 5.30. The Balaban J connectivity index is 1.70. The maximum absolute atomic E-state index is 13.2. The van der Waals surface area contributed by atoms with Crippen LogP contribution in [0.2, 0.25) is 0 Å². The van der Waals surface area contributed by atoms with Crippen LogP contribution in [-0.2, 0) is 17.8 Å².